The van der Waals surface area contributed by atoms with Gasteiger partial charge in [-0.2, -0.15) is 0 Å². The average molecular weight is 362 g/mol. The summed E-state index contributed by atoms with van der Waals surface area (Å²) in [4.78, 5) is 13.1. The van der Waals surface area contributed by atoms with E-state index in [1.165, 1.54) is 38.2 Å². The zero-order valence-electron chi connectivity index (χ0n) is 15.4. The van der Waals surface area contributed by atoms with Gasteiger partial charge < -0.3 is 15.5 Å². The van der Waals surface area contributed by atoms with Crippen LogP contribution in [0.4, 0.5) is 5.69 Å². The fourth-order valence-electron chi connectivity index (χ4n) is 2.80. The highest BCUT2D eigenvalue weighted by atomic mass is 16.4. The Morgan fingerprint density at radius 2 is 1.65 bits per heavy atom. The summed E-state index contributed by atoms with van der Waals surface area (Å²) in [5.41, 5.74) is 9.58. The smallest absolute Gasteiger partial charge is 0.303 e. The molecule has 144 valence electrons. The van der Waals surface area contributed by atoms with Crippen molar-refractivity contribution in [3.63, 3.8) is 0 Å². The van der Waals surface area contributed by atoms with Crippen molar-refractivity contribution in [3.8, 4) is 5.75 Å². The standard InChI is InChI=1S/C19H30N4O3/c20-23-22-17-12-11-16(18(24)14-17)15-21-13-9-7-5-3-1-2-4-6-8-10-19(25)26/h11-12,14,21,24H,1-10,13,15H2,(H,25,26). The summed E-state index contributed by atoms with van der Waals surface area (Å²) in [7, 11) is 0. The maximum absolute atomic E-state index is 10.4. The number of phenols is 1. The third-order valence-corrected chi connectivity index (χ3v) is 4.29. The summed E-state index contributed by atoms with van der Waals surface area (Å²) < 4.78 is 0. The minimum atomic E-state index is -0.695. The van der Waals surface area contributed by atoms with Gasteiger partial charge in [-0.1, -0.05) is 62.2 Å². The van der Waals surface area contributed by atoms with Crippen molar-refractivity contribution in [3.05, 3.63) is 34.2 Å². The van der Waals surface area contributed by atoms with Crippen molar-refractivity contribution in [2.45, 2.75) is 70.8 Å². The number of hydrogen-bond acceptors (Lipinski definition) is 4. The quantitative estimate of drug-likeness (QED) is 0.167. The molecule has 7 nitrogen and oxygen atoms in total. The van der Waals surface area contributed by atoms with Gasteiger partial charge in [-0.05, 0) is 31.0 Å². The van der Waals surface area contributed by atoms with Gasteiger partial charge in [0.2, 0.25) is 0 Å². The topological polar surface area (TPSA) is 118 Å². The lowest BCUT2D eigenvalue weighted by molar-refractivity contribution is -0.137. The number of unbranched alkanes of at least 4 members (excludes halogenated alkanes) is 8. The van der Waals surface area contributed by atoms with Gasteiger partial charge >= 0.3 is 5.97 Å². The van der Waals surface area contributed by atoms with Crippen LogP contribution in [0.15, 0.2) is 23.3 Å². The molecule has 0 unspecified atom stereocenters. The molecule has 1 aromatic rings. The number of phenolic OH excluding ortho intramolecular Hbond substituents is 1. The number of hydrogen-bond donors (Lipinski definition) is 3. The summed E-state index contributed by atoms with van der Waals surface area (Å²) in [5.74, 6) is -0.551. The first kappa shape index (κ1) is 21.8. The third-order valence-electron chi connectivity index (χ3n) is 4.29. The van der Waals surface area contributed by atoms with Crippen molar-refractivity contribution < 1.29 is 15.0 Å². The van der Waals surface area contributed by atoms with Gasteiger partial charge in [-0.3, -0.25) is 4.79 Å². The van der Waals surface area contributed by atoms with Crippen molar-refractivity contribution in [1.29, 1.82) is 0 Å². The van der Waals surface area contributed by atoms with E-state index in [1.807, 2.05) is 0 Å². The van der Waals surface area contributed by atoms with E-state index in [9.17, 15) is 9.90 Å². The molecular weight excluding hydrogens is 332 g/mol. The molecule has 0 spiro atoms. The summed E-state index contributed by atoms with van der Waals surface area (Å²) in [5, 5.41) is 25.2. The molecule has 0 aromatic heterocycles. The lowest BCUT2D eigenvalue weighted by atomic mass is 10.1. The lowest BCUT2D eigenvalue weighted by Gasteiger charge is -2.07. The number of aliphatic carboxylic acids is 1. The van der Waals surface area contributed by atoms with Crippen LogP contribution >= 0.6 is 0 Å². The molecule has 1 rings (SSSR count). The molecule has 0 aliphatic carbocycles. The van der Waals surface area contributed by atoms with Gasteiger partial charge in [0.15, 0.2) is 0 Å². The highest BCUT2D eigenvalue weighted by molar-refractivity contribution is 5.66. The molecule has 0 saturated carbocycles. The Morgan fingerprint density at radius 1 is 1.04 bits per heavy atom. The molecule has 0 aliphatic heterocycles. The van der Waals surface area contributed by atoms with Crippen LogP contribution in [0.3, 0.4) is 0 Å². The number of carbonyl (C=O) groups is 1. The predicted octanol–water partition coefficient (Wildman–Crippen LogP) is 5.41. The molecule has 0 amide bonds. The van der Waals surface area contributed by atoms with Gasteiger partial charge in [0.25, 0.3) is 0 Å². The Labute approximate surface area is 155 Å². The highest BCUT2D eigenvalue weighted by Crippen LogP contribution is 2.23. The van der Waals surface area contributed by atoms with E-state index in [2.05, 4.69) is 15.3 Å². The van der Waals surface area contributed by atoms with E-state index in [0.29, 0.717) is 18.7 Å². The Kier molecular flexibility index (Phi) is 11.7. The minimum Gasteiger partial charge on any atom is -0.508 e. The minimum absolute atomic E-state index is 0.144. The molecule has 0 atom stereocenters. The van der Waals surface area contributed by atoms with Crippen LogP contribution < -0.4 is 5.32 Å². The van der Waals surface area contributed by atoms with E-state index in [4.69, 9.17) is 10.6 Å². The normalized spacial score (nSPS) is 10.5. The fraction of sp³-hybridized carbons (Fsp3) is 0.632. The van der Waals surface area contributed by atoms with E-state index in [1.54, 1.807) is 12.1 Å². The van der Waals surface area contributed by atoms with Crippen molar-refractivity contribution in [1.82, 2.24) is 5.32 Å². The van der Waals surface area contributed by atoms with Crippen LogP contribution in [0.25, 0.3) is 10.4 Å². The monoisotopic (exact) mass is 362 g/mol. The molecule has 26 heavy (non-hydrogen) atoms. The molecule has 0 bridgehead atoms. The van der Waals surface area contributed by atoms with Crippen molar-refractivity contribution in [2.75, 3.05) is 6.54 Å². The number of aromatic hydroxyl groups is 1. The van der Waals surface area contributed by atoms with Crippen molar-refractivity contribution >= 4 is 11.7 Å². The first-order valence-corrected chi connectivity index (χ1v) is 9.43. The molecule has 3 N–H and O–H groups in total. The summed E-state index contributed by atoms with van der Waals surface area (Å²) in [6.07, 6.45) is 10.4. The van der Waals surface area contributed by atoms with Crippen molar-refractivity contribution in [2.24, 2.45) is 5.11 Å². The van der Waals surface area contributed by atoms with Gasteiger partial charge in [0.05, 0.1) is 0 Å². The van der Waals surface area contributed by atoms with E-state index >= 15 is 0 Å². The Hall–Kier alpha value is -2.24. The molecule has 0 aliphatic rings. The Morgan fingerprint density at radius 3 is 2.23 bits per heavy atom. The molecule has 7 heteroatoms. The second-order valence-corrected chi connectivity index (χ2v) is 6.50. The second-order valence-electron chi connectivity index (χ2n) is 6.50. The molecule has 0 saturated heterocycles. The zero-order chi connectivity index (χ0) is 19.0. The molecular formula is C19H30N4O3. The van der Waals surface area contributed by atoms with Crippen LogP contribution in [0, 0.1) is 0 Å². The largest absolute Gasteiger partial charge is 0.508 e. The fourth-order valence-corrected chi connectivity index (χ4v) is 2.80. The van der Waals surface area contributed by atoms with Gasteiger partial charge in [-0.25, -0.2) is 0 Å². The van der Waals surface area contributed by atoms with Crippen LogP contribution in [0.2, 0.25) is 0 Å². The molecule has 1 aromatic carbocycles. The van der Waals surface area contributed by atoms with Crippen LogP contribution in [-0.2, 0) is 11.3 Å². The van der Waals surface area contributed by atoms with E-state index in [0.717, 1.165) is 37.8 Å². The number of carboxylic acids is 1. The maximum atomic E-state index is 10.4. The number of benzene rings is 1. The first-order chi connectivity index (χ1) is 12.6. The van der Waals surface area contributed by atoms with Crippen LogP contribution in [0.1, 0.15) is 69.8 Å². The molecule has 0 radical (unpaired) electrons. The molecule has 0 heterocycles. The Bertz CT molecular complexity index is 586. The van der Waals surface area contributed by atoms with Gasteiger partial charge in [0.1, 0.15) is 5.75 Å². The number of azide groups is 1. The highest BCUT2D eigenvalue weighted by Gasteiger charge is 2.01. The van der Waals surface area contributed by atoms with Gasteiger partial charge in [-0.15, -0.1) is 0 Å². The van der Waals surface area contributed by atoms with Gasteiger partial charge in [0, 0.05) is 29.1 Å². The predicted molar refractivity (Wildman–Crippen MR) is 102 cm³/mol. The first-order valence-electron chi connectivity index (χ1n) is 9.43. The molecule has 0 fully saturated rings. The van der Waals surface area contributed by atoms with E-state index in [-0.39, 0.29) is 5.75 Å². The summed E-state index contributed by atoms with van der Waals surface area (Å²) in [6.45, 7) is 1.51. The number of carboxylic acid groups (broad SMARTS) is 1. The number of nitrogens with zero attached hydrogens (tertiary/aromatic N) is 3. The lowest BCUT2D eigenvalue weighted by Crippen LogP contribution is -2.14. The Balaban J connectivity index is 1.95. The summed E-state index contributed by atoms with van der Waals surface area (Å²) >= 11 is 0. The SMILES string of the molecule is [N-]=[N+]=Nc1ccc(CNCCCCCCCCCCCC(=O)O)c(O)c1. The summed E-state index contributed by atoms with van der Waals surface area (Å²) in [6, 6.07) is 4.93. The zero-order valence-corrected chi connectivity index (χ0v) is 15.4. The van der Waals surface area contributed by atoms with E-state index < -0.39 is 5.97 Å². The maximum Gasteiger partial charge on any atom is 0.303 e. The average Bonchev–Trinajstić information content (AvgIpc) is 2.60. The van der Waals surface area contributed by atoms with Crippen LogP contribution in [0.5, 0.6) is 5.75 Å². The third kappa shape index (κ3) is 10.6. The number of rotatable bonds is 15. The second kappa shape index (κ2) is 14.0. The number of nitrogens with one attached hydrogen (secondary N) is 1. The van der Waals surface area contributed by atoms with Crippen LogP contribution in [-0.4, -0.2) is 22.7 Å².